The molecule has 0 saturated carbocycles. The van der Waals surface area contributed by atoms with Gasteiger partial charge in [0.15, 0.2) is 0 Å². The van der Waals surface area contributed by atoms with Crippen LogP contribution in [0.1, 0.15) is 0 Å². The first-order chi connectivity index (χ1) is 10.9. The number of nitrogens with one attached hydrogen (secondary N) is 1. The quantitative estimate of drug-likeness (QED) is 0.308. The minimum absolute atomic E-state index is 1.53. The van der Waals surface area contributed by atoms with Crippen molar-refractivity contribution in [3.05, 3.63) is 101 Å². The van der Waals surface area contributed by atoms with Gasteiger partial charge in [0.1, 0.15) is 0 Å². The Morgan fingerprint density at radius 1 is 0.591 bits per heavy atom. The average molecular weight is 393 g/mol. The summed E-state index contributed by atoms with van der Waals surface area (Å²) in [6.45, 7) is 0. The van der Waals surface area contributed by atoms with Gasteiger partial charge in [-0.25, -0.2) is 0 Å². The Morgan fingerprint density at radius 2 is 0.818 bits per heavy atom. The van der Waals surface area contributed by atoms with Crippen LogP contribution in [-0.4, -0.2) is 19.8 Å². The fourth-order valence-corrected chi connectivity index (χ4v) is 9.67. The van der Waals surface area contributed by atoms with Gasteiger partial charge in [0.25, 0.3) is 0 Å². The Balaban J connectivity index is 0.000000545. The van der Waals surface area contributed by atoms with Gasteiger partial charge in [-0.1, -0.05) is 0 Å². The van der Waals surface area contributed by atoms with Gasteiger partial charge in [-0.3, -0.25) is 0 Å². The first kappa shape index (κ1) is 16.1. The first-order valence-corrected chi connectivity index (χ1v) is 11.2. The Hall–Kier alpha value is -2.23. The zero-order chi connectivity index (χ0) is 15.6. The molecule has 1 N–H and O–H groups in total. The molecule has 1 radical (unpaired) electrons. The molecule has 0 saturated heterocycles. The number of benzene rings is 3. The molecule has 0 aliphatic heterocycles. The van der Waals surface area contributed by atoms with E-state index < -0.39 is 19.8 Å². The molecule has 0 unspecified atom stereocenters. The van der Waals surface area contributed by atoms with Crippen molar-refractivity contribution < 1.29 is 0 Å². The third-order valence-corrected chi connectivity index (χ3v) is 11.0. The third-order valence-electron chi connectivity index (χ3n) is 3.19. The molecule has 3 nitrogen and oxygen atoms in total. The van der Waals surface area contributed by atoms with Gasteiger partial charge in [-0.05, 0) is 10.4 Å². The minimum atomic E-state index is -1.98. The van der Waals surface area contributed by atoms with Gasteiger partial charge < -0.3 is 0 Å². The summed E-state index contributed by atoms with van der Waals surface area (Å²) in [5.41, 5.74) is 12.2. The van der Waals surface area contributed by atoms with Crippen LogP contribution in [0.5, 0.6) is 0 Å². The summed E-state index contributed by atoms with van der Waals surface area (Å²) in [6.07, 6.45) is 0. The SMILES string of the molecule is [N-]=[N+]=N.c1cc[c]([Sn]([c]2ccccc2)[c]2ccccc2)cc1. The Kier molecular flexibility index (Phi) is 6.55. The van der Waals surface area contributed by atoms with Crippen molar-refractivity contribution in [1.82, 2.24) is 0 Å². The fraction of sp³-hybridized carbons (Fsp3) is 0. The molecule has 3 aromatic carbocycles. The van der Waals surface area contributed by atoms with Crippen molar-refractivity contribution in [1.29, 1.82) is 5.53 Å². The molecule has 0 atom stereocenters. The Morgan fingerprint density at radius 3 is 1.05 bits per heavy atom. The second kappa shape index (κ2) is 8.92. The van der Waals surface area contributed by atoms with Crippen LogP contribution in [0.15, 0.2) is 91.0 Å². The summed E-state index contributed by atoms with van der Waals surface area (Å²) in [7, 11) is 0. The Bertz CT molecular complexity index is 615. The molecule has 0 aliphatic rings. The van der Waals surface area contributed by atoms with Crippen molar-refractivity contribution in [3.8, 4) is 0 Å². The predicted octanol–water partition coefficient (Wildman–Crippen LogP) is 3.08. The normalized spacial score (nSPS) is 9.50. The van der Waals surface area contributed by atoms with Crippen LogP contribution in [0.3, 0.4) is 0 Å². The number of nitrogens with zero attached hydrogens (tertiary/aromatic N) is 2. The fourth-order valence-electron chi connectivity index (χ4n) is 2.31. The summed E-state index contributed by atoms with van der Waals surface area (Å²) in [4.78, 5) is 1.75. The third kappa shape index (κ3) is 4.38. The van der Waals surface area contributed by atoms with Gasteiger partial charge in [0.2, 0.25) is 0 Å². The molecule has 22 heavy (non-hydrogen) atoms. The molecule has 0 bridgehead atoms. The molecular weight excluding hydrogens is 377 g/mol. The van der Waals surface area contributed by atoms with Crippen LogP contribution in [0, 0.1) is 5.53 Å². The number of hydrogen-bond donors (Lipinski definition) is 1. The van der Waals surface area contributed by atoms with Crippen LogP contribution < -0.4 is 10.7 Å². The zero-order valence-corrected chi connectivity index (χ0v) is 14.9. The number of hydrogen-bond acceptors (Lipinski definition) is 1. The van der Waals surface area contributed by atoms with E-state index in [1.807, 2.05) is 0 Å². The molecule has 0 heterocycles. The monoisotopic (exact) mass is 394 g/mol. The molecule has 0 spiro atoms. The van der Waals surface area contributed by atoms with E-state index in [0.29, 0.717) is 0 Å². The molecule has 0 amide bonds. The van der Waals surface area contributed by atoms with Gasteiger partial charge >= 0.3 is 121 Å². The molecule has 0 aromatic heterocycles. The first-order valence-electron chi connectivity index (χ1n) is 6.91. The summed E-state index contributed by atoms with van der Waals surface area (Å²) < 4.78 is 4.59. The molecular formula is C18H16N3Sn. The predicted molar refractivity (Wildman–Crippen MR) is 93.4 cm³/mol. The molecule has 4 heteroatoms. The molecule has 3 rings (SSSR count). The van der Waals surface area contributed by atoms with Gasteiger partial charge in [-0.2, -0.15) is 0 Å². The van der Waals surface area contributed by atoms with Crippen LogP contribution in [0.4, 0.5) is 0 Å². The second-order valence-corrected chi connectivity index (χ2v) is 11.7. The standard InChI is InChI=1S/3C6H5.HN3.Sn/c3*1-2-4-6-5-3-1;1-3-2;/h3*1-5H;1H;. The van der Waals surface area contributed by atoms with Crippen molar-refractivity contribution in [2.45, 2.75) is 0 Å². The molecule has 3 aromatic rings. The number of rotatable bonds is 3. The summed E-state index contributed by atoms with van der Waals surface area (Å²) in [5.74, 6) is 0. The second-order valence-electron chi connectivity index (χ2n) is 4.57. The van der Waals surface area contributed by atoms with E-state index in [1.165, 1.54) is 10.7 Å². The van der Waals surface area contributed by atoms with E-state index >= 15 is 0 Å². The van der Waals surface area contributed by atoms with E-state index in [0.717, 1.165) is 0 Å². The van der Waals surface area contributed by atoms with E-state index in [2.05, 4.69) is 91.0 Å². The Labute approximate surface area is 137 Å². The van der Waals surface area contributed by atoms with Crippen molar-refractivity contribution in [3.63, 3.8) is 0 Å². The van der Waals surface area contributed by atoms with Crippen molar-refractivity contribution >= 4 is 30.5 Å². The van der Waals surface area contributed by atoms with Crippen LogP contribution in [0.25, 0.3) is 10.4 Å². The zero-order valence-electron chi connectivity index (χ0n) is 12.1. The van der Waals surface area contributed by atoms with Gasteiger partial charge in [0.05, 0.1) is 0 Å². The summed E-state index contributed by atoms with van der Waals surface area (Å²) in [6, 6.07) is 32.9. The van der Waals surface area contributed by atoms with E-state index in [-0.39, 0.29) is 0 Å². The van der Waals surface area contributed by atoms with E-state index in [9.17, 15) is 0 Å². The van der Waals surface area contributed by atoms with Crippen LogP contribution in [-0.2, 0) is 0 Å². The van der Waals surface area contributed by atoms with Crippen LogP contribution in [0.2, 0.25) is 0 Å². The van der Waals surface area contributed by atoms with Crippen LogP contribution >= 0.6 is 0 Å². The van der Waals surface area contributed by atoms with E-state index in [1.54, 1.807) is 4.91 Å². The van der Waals surface area contributed by atoms with E-state index in [4.69, 9.17) is 11.1 Å². The van der Waals surface area contributed by atoms with Gasteiger partial charge in [-0.15, -0.1) is 5.53 Å². The molecule has 0 aliphatic carbocycles. The maximum atomic E-state index is 6.86. The van der Waals surface area contributed by atoms with Crippen molar-refractivity contribution in [2.75, 3.05) is 0 Å². The summed E-state index contributed by atoms with van der Waals surface area (Å²) >= 11 is -1.98. The maximum absolute atomic E-state index is 6.86. The topological polar surface area (TPSA) is 60.3 Å². The van der Waals surface area contributed by atoms with Gasteiger partial charge in [0, 0.05) is 0 Å². The molecule has 107 valence electrons. The van der Waals surface area contributed by atoms with Crippen molar-refractivity contribution in [2.24, 2.45) is 0 Å². The average Bonchev–Trinajstić information content (AvgIpc) is 2.59. The summed E-state index contributed by atoms with van der Waals surface area (Å²) in [5, 5.41) is 0. The molecule has 0 fully saturated rings.